The second-order valence-corrected chi connectivity index (χ2v) is 13.5. The standard InChI is InChI=1S/C36H74O13/c1-9-29(4)13-40-25-41-16-30(5)14-39-15-31(6)17-42-26-43-18-32(7)20-48-35(10-2)23-46-28-47-24-36(11-3)49-21-33(8)19-44-27-45-22-34(38)12-37/h29-38H,9-28H2,1-8H3. The molecule has 0 amide bonds. The molecule has 0 saturated heterocycles. The van der Waals surface area contributed by atoms with Crippen LogP contribution in [-0.2, 0) is 52.1 Å². The van der Waals surface area contributed by atoms with Crippen molar-refractivity contribution in [2.24, 2.45) is 29.6 Å². The maximum absolute atomic E-state index is 9.24. The molecule has 13 heteroatoms. The largest absolute Gasteiger partial charge is 0.394 e. The van der Waals surface area contributed by atoms with Crippen molar-refractivity contribution in [3.8, 4) is 0 Å². The highest BCUT2D eigenvalue weighted by Gasteiger charge is 2.13. The number of hydrogen-bond donors (Lipinski definition) is 2. The van der Waals surface area contributed by atoms with Gasteiger partial charge in [-0.1, -0.05) is 61.8 Å². The van der Waals surface area contributed by atoms with E-state index in [1.165, 1.54) is 0 Å². The van der Waals surface area contributed by atoms with Gasteiger partial charge in [0, 0.05) is 23.7 Å². The highest BCUT2D eigenvalue weighted by molar-refractivity contribution is 4.58. The normalized spacial score (nSPS) is 17.0. The Labute approximate surface area is 297 Å². The maximum atomic E-state index is 9.24. The van der Waals surface area contributed by atoms with Gasteiger partial charge in [-0.25, -0.2) is 0 Å². The third-order valence-corrected chi connectivity index (χ3v) is 7.45. The summed E-state index contributed by atoms with van der Waals surface area (Å²) in [5, 5.41) is 18.0. The molecule has 0 aromatic heterocycles. The zero-order valence-corrected chi connectivity index (χ0v) is 32.1. The molecule has 2 N–H and O–H groups in total. The van der Waals surface area contributed by atoms with Gasteiger partial charge >= 0.3 is 0 Å². The van der Waals surface area contributed by atoms with Gasteiger partial charge in [-0.15, -0.1) is 0 Å². The first-order valence-corrected chi connectivity index (χ1v) is 18.4. The van der Waals surface area contributed by atoms with Crippen LogP contribution in [0.3, 0.4) is 0 Å². The maximum Gasteiger partial charge on any atom is 0.146 e. The zero-order chi connectivity index (χ0) is 36.5. The minimum atomic E-state index is -0.886. The molecule has 0 aliphatic heterocycles. The van der Waals surface area contributed by atoms with Crippen molar-refractivity contribution < 1.29 is 62.3 Å². The highest BCUT2D eigenvalue weighted by atomic mass is 16.7. The summed E-state index contributed by atoms with van der Waals surface area (Å²) in [4.78, 5) is 0. The Balaban J connectivity index is 3.79. The van der Waals surface area contributed by atoms with Gasteiger partial charge in [0.2, 0.25) is 0 Å². The summed E-state index contributed by atoms with van der Waals surface area (Å²) in [5.74, 6) is 1.53. The first kappa shape index (κ1) is 48.5. The van der Waals surface area contributed by atoms with E-state index in [0.29, 0.717) is 84.7 Å². The van der Waals surface area contributed by atoms with Gasteiger partial charge in [0.25, 0.3) is 0 Å². The van der Waals surface area contributed by atoms with Crippen LogP contribution >= 0.6 is 0 Å². The van der Waals surface area contributed by atoms with Crippen LogP contribution in [0.1, 0.15) is 74.7 Å². The average Bonchev–Trinajstić information content (AvgIpc) is 3.09. The molecule has 0 saturated carbocycles. The van der Waals surface area contributed by atoms with Crippen LogP contribution in [-0.4, -0.2) is 142 Å². The predicted molar refractivity (Wildman–Crippen MR) is 187 cm³/mol. The summed E-state index contributed by atoms with van der Waals surface area (Å²) in [6.07, 6.45) is 1.83. The first-order chi connectivity index (χ1) is 23.6. The van der Waals surface area contributed by atoms with Crippen LogP contribution in [0, 0.1) is 29.6 Å². The zero-order valence-electron chi connectivity index (χ0n) is 32.1. The van der Waals surface area contributed by atoms with Crippen molar-refractivity contribution in [1.82, 2.24) is 0 Å². The van der Waals surface area contributed by atoms with Crippen molar-refractivity contribution in [1.29, 1.82) is 0 Å². The van der Waals surface area contributed by atoms with Crippen LogP contribution in [0.2, 0.25) is 0 Å². The summed E-state index contributed by atoms with van der Waals surface area (Å²) < 4.78 is 62.3. The van der Waals surface area contributed by atoms with Crippen molar-refractivity contribution in [2.45, 2.75) is 93.0 Å². The van der Waals surface area contributed by atoms with Crippen LogP contribution in [0.15, 0.2) is 0 Å². The van der Waals surface area contributed by atoms with E-state index in [2.05, 4.69) is 48.5 Å². The van der Waals surface area contributed by atoms with Gasteiger partial charge in [0.05, 0.1) is 98.1 Å². The molecule has 8 atom stereocenters. The lowest BCUT2D eigenvalue weighted by Gasteiger charge is -2.21. The Morgan fingerprint density at radius 1 is 0.367 bits per heavy atom. The Morgan fingerprint density at radius 2 is 0.673 bits per heavy atom. The van der Waals surface area contributed by atoms with Crippen LogP contribution in [0.25, 0.3) is 0 Å². The van der Waals surface area contributed by atoms with Crippen molar-refractivity contribution >= 4 is 0 Å². The van der Waals surface area contributed by atoms with E-state index in [1.807, 2.05) is 6.92 Å². The number of ether oxygens (including phenoxy) is 11. The number of aliphatic hydroxyl groups is 2. The summed E-state index contributed by atoms with van der Waals surface area (Å²) in [6.45, 7) is 23.5. The summed E-state index contributed by atoms with van der Waals surface area (Å²) >= 11 is 0. The second kappa shape index (κ2) is 34.6. The van der Waals surface area contributed by atoms with Gasteiger partial charge in [0.1, 0.15) is 33.3 Å². The third kappa shape index (κ3) is 31.9. The van der Waals surface area contributed by atoms with E-state index in [-0.39, 0.29) is 63.6 Å². The minimum absolute atomic E-state index is 0.0182. The van der Waals surface area contributed by atoms with Gasteiger partial charge in [-0.05, 0) is 18.8 Å². The van der Waals surface area contributed by atoms with Crippen LogP contribution in [0.5, 0.6) is 0 Å². The molecule has 0 aliphatic carbocycles. The van der Waals surface area contributed by atoms with Crippen molar-refractivity contribution in [3.63, 3.8) is 0 Å². The molecule has 0 spiro atoms. The summed E-state index contributed by atoms with van der Waals surface area (Å²) in [6, 6.07) is 0. The average molecular weight is 715 g/mol. The lowest BCUT2D eigenvalue weighted by molar-refractivity contribution is -0.126. The van der Waals surface area contributed by atoms with Gasteiger partial charge < -0.3 is 62.3 Å². The fourth-order valence-corrected chi connectivity index (χ4v) is 4.03. The monoisotopic (exact) mass is 715 g/mol. The van der Waals surface area contributed by atoms with E-state index < -0.39 is 6.10 Å². The summed E-state index contributed by atoms with van der Waals surface area (Å²) in [7, 11) is 0. The van der Waals surface area contributed by atoms with E-state index >= 15 is 0 Å². The van der Waals surface area contributed by atoms with E-state index in [0.717, 1.165) is 25.9 Å². The first-order valence-electron chi connectivity index (χ1n) is 18.4. The molecule has 0 aromatic carbocycles. The quantitative estimate of drug-likeness (QED) is 0.0686. The van der Waals surface area contributed by atoms with E-state index in [9.17, 15) is 5.11 Å². The minimum Gasteiger partial charge on any atom is -0.394 e. The Bertz CT molecular complexity index is 677. The Kier molecular flexibility index (Phi) is 34.2. The fraction of sp³-hybridized carbons (Fsp3) is 1.00. The molecule has 13 nitrogen and oxygen atoms in total. The SMILES string of the molecule is CCC(C)COCOCC(C)COCC(C)COCOCC(C)COC(CC)COCOCC(CC)OCC(C)COCOCC(O)CO. The molecule has 0 heterocycles. The number of aliphatic hydroxyl groups excluding tert-OH is 2. The topological polar surface area (TPSA) is 142 Å². The van der Waals surface area contributed by atoms with Crippen LogP contribution < -0.4 is 0 Å². The predicted octanol–water partition coefficient (Wildman–Crippen LogP) is 4.50. The smallest absolute Gasteiger partial charge is 0.146 e. The summed E-state index contributed by atoms with van der Waals surface area (Å²) in [5.41, 5.74) is 0. The molecular weight excluding hydrogens is 640 g/mol. The van der Waals surface area contributed by atoms with E-state index in [1.54, 1.807) is 0 Å². The molecule has 0 fully saturated rings. The van der Waals surface area contributed by atoms with Crippen molar-refractivity contribution in [3.05, 3.63) is 0 Å². The molecule has 8 unspecified atom stereocenters. The lowest BCUT2D eigenvalue weighted by atomic mass is 10.1. The molecular formula is C36H74O13. The van der Waals surface area contributed by atoms with Crippen LogP contribution in [0.4, 0.5) is 0 Å². The van der Waals surface area contributed by atoms with Crippen molar-refractivity contribution in [2.75, 3.05) is 113 Å². The van der Waals surface area contributed by atoms with E-state index in [4.69, 9.17) is 57.2 Å². The number of rotatable bonds is 38. The fourth-order valence-electron chi connectivity index (χ4n) is 4.03. The van der Waals surface area contributed by atoms with Gasteiger partial charge in [-0.2, -0.15) is 0 Å². The van der Waals surface area contributed by atoms with Gasteiger partial charge in [0.15, 0.2) is 0 Å². The number of hydrogen-bond acceptors (Lipinski definition) is 13. The van der Waals surface area contributed by atoms with Gasteiger partial charge in [-0.3, -0.25) is 0 Å². The molecule has 0 aliphatic rings. The molecule has 296 valence electrons. The second-order valence-electron chi connectivity index (χ2n) is 13.5. The lowest BCUT2D eigenvalue weighted by Crippen LogP contribution is -2.26. The molecule has 0 rings (SSSR count). The Hall–Kier alpha value is -0.520. The molecule has 0 aromatic rings. The third-order valence-electron chi connectivity index (χ3n) is 7.45. The molecule has 0 radical (unpaired) electrons. The Morgan fingerprint density at radius 3 is 1.02 bits per heavy atom. The molecule has 49 heavy (non-hydrogen) atoms. The highest BCUT2D eigenvalue weighted by Crippen LogP contribution is 2.08. The molecule has 0 bridgehead atoms.